The second-order valence-corrected chi connectivity index (χ2v) is 7.39. The Kier molecular flexibility index (Phi) is 5.18. The van der Waals surface area contributed by atoms with Crippen molar-refractivity contribution in [3.8, 4) is 0 Å². The van der Waals surface area contributed by atoms with E-state index in [4.69, 9.17) is 0 Å². The lowest BCUT2D eigenvalue weighted by molar-refractivity contribution is -0.122. The van der Waals surface area contributed by atoms with Crippen molar-refractivity contribution < 1.29 is 4.79 Å². The maximum absolute atomic E-state index is 12.3. The summed E-state index contributed by atoms with van der Waals surface area (Å²) in [5.41, 5.74) is 1.15. The molecule has 1 aromatic carbocycles. The zero-order chi connectivity index (χ0) is 15.3. The maximum atomic E-state index is 12.3. The highest BCUT2D eigenvalue weighted by molar-refractivity contribution is 7.09. The normalized spacial score (nSPS) is 12.9. The van der Waals surface area contributed by atoms with Crippen LogP contribution >= 0.6 is 11.3 Å². The van der Waals surface area contributed by atoms with Gasteiger partial charge in [-0.1, -0.05) is 57.2 Å². The number of carbonyl (C=O) groups excluding carboxylic acids is 1. The average Bonchev–Trinajstić information content (AvgIpc) is 2.95. The van der Waals surface area contributed by atoms with Crippen LogP contribution < -0.4 is 5.32 Å². The topological polar surface area (TPSA) is 29.1 Å². The molecule has 1 amide bonds. The predicted molar refractivity (Wildman–Crippen MR) is 89.4 cm³/mol. The van der Waals surface area contributed by atoms with E-state index in [2.05, 4.69) is 49.7 Å². The van der Waals surface area contributed by atoms with Crippen molar-refractivity contribution in [2.45, 2.75) is 39.7 Å². The van der Waals surface area contributed by atoms with Crippen LogP contribution in [0.15, 0.2) is 47.8 Å². The summed E-state index contributed by atoms with van der Waals surface area (Å²) in [4.78, 5) is 13.5. The number of hydrogen-bond acceptors (Lipinski definition) is 2. The fourth-order valence-electron chi connectivity index (χ4n) is 2.37. The standard InChI is InChI=1S/C18H23NOS/c1-18(2,3)17(14-8-5-4-6-9-14)19-16(20)12-11-15-10-7-13-21-15/h4-10,13,17H,11-12H2,1-3H3,(H,19,20)/t17-/m0/s1. The van der Waals surface area contributed by atoms with E-state index in [9.17, 15) is 4.79 Å². The van der Waals surface area contributed by atoms with Crippen LogP contribution in [-0.2, 0) is 11.2 Å². The largest absolute Gasteiger partial charge is 0.349 e. The Labute approximate surface area is 131 Å². The van der Waals surface area contributed by atoms with E-state index in [1.54, 1.807) is 11.3 Å². The Morgan fingerprint density at radius 3 is 2.43 bits per heavy atom. The molecule has 0 unspecified atom stereocenters. The van der Waals surface area contributed by atoms with Crippen LogP contribution in [0.5, 0.6) is 0 Å². The molecule has 2 rings (SSSR count). The molecule has 21 heavy (non-hydrogen) atoms. The molecule has 0 fully saturated rings. The van der Waals surface area contributed by atoms with Gasteiger partial charge in [0.2, 0.25) is 5.91 Å². The summed E-state index contributed by atoms with van der Waals surface area (Å²) in [6.45, 7) is 6.47. The van der Waals surface area contributed by atoms with E-state index < -0.39 is 0 Å². The highest BCUT2D eigenvalue weighted by Crippen LogP contribution is 2.32. The third-order valence-corrected chi connectivity index (χ3v) is 4.42. The lowest BCUT2D eigenvalue weighted by Crippen LogP contribution is -2.36. The molecule has 2 aromatic rings. The predicted octanol–water partition coefficient (Wildman–Crippen LogP) is 4.58. The van der Waals surface area contributed by atoms with Crippen molar-refractivity contribution in [1.82, 2.24) is 5.32 Å². The number of benzene rings is 1. The van der Waals surface area contributed by atoms with Crippen LogP contribution in [0.4, 0.5) is 0 Å². The second-order valence-electron chi connectivity index (χ2n) is 6.36. The Bertz CT molecular complexity index is 555. The fourth-order valence-corrected chi connectivity index (χ4v) is 3.08. The van der Waals surface area contributed by atoms with Crippen LogP contribution in [0.3, 0.4) is 0 Å². The molecule has 0 saturated carbocycles. The van der Waals surface area contributed by atoms with E-state index in [1.807, 2.05) is 24.3 Å². The molecule has 0 aliphatic rings. The Morgan fingerprint density at radius 1 is 1.14 bits per heavy atom. The molecule has 0 saturated heterocycles. The molecule has 0 radical (unpaired) electrons. The average molecular weight is 301 g/mol. The molecule has 0 spiro atoms. The number of amides is 1. The Hall–Kier alpha value is -1.61. The van der Waals surface area contributed by atoms with Crippen LogP contribution in [-0.4, -0.2) is 5.91 Å². The number of thiophene rings is 1. The number of rotatable bonds is 5. The lowest BCUT2D eigenvalue weighted by atomic mass is 9.82. The summed E-state index contributed by atoms with van der Waals surface area (Å²) in [6, 6.07) is 14.3. The highest BCUT2D eigenvalue weighted by atomic mass is 32.1. The third kappa shape index (κ3) is 4.71. The lowest BCUT2D eigenvalue weighted by Gasteiger charge is -2.32. The summed E-state index contributed by atoms with van der Waals surface area (Å²) in [7, 11) is 0. The SMILES string of the molecule is CC(C)(C)[C@@H](NC(=O)CCc1cccs1)c1ccccc1. The van der Waals surface area contributed by atoms with Gasteiger partial charge in [0.15, 0.2) is 0 Å². The fraction of sp³-hybridized carbons (Fsp3) is 0.389. The summed E-state index contributed by atoms with van der Waals surface area (Å²) < 4.78 is 0. The molecular weight excluding hydrogens is 278 g/mol. The van der Waals surface area contributed by atoms with Gasteiger partial charge >= 0.3 is 0 Å². The zero-order valence-corrected chi connectivity index (χ0v) is 13.7. The Morgan fingerprint density at radius 2 is 1.86 bits per heavy atom. The van der Waals surface area contributed by atoms with Crippen molar-refractivity contribution in [3.63, 3.8) is 0 Å². The van der Waals surface area contributed by atoms with Crippen LogP contribution in [0.25, 0.3) is 0 Å². The van der Waals surface area contributed by atoms with Gasteiger partial charge in [-0.3, -0.25) is 4.79 Å². The molecule has 0 aliphatic carbocycles. The van der Waals surface area contributed by atoms with Crippen LogP contribution in [0, 0.1) is 5.41 Å². The highest BCUT2D eigenvalue weighted by Gasteiger charge is 2.27. The van der Waals surface area contributed by atoms with Crippen LogP contribution in [0.2, 0.25) is 0 Å². The van der Waals surface area contributed by atoms with Gasteiger partial charge in [-0.15, -0.1) is 11.3 Å². The summed E-state index contributed by atoms with van der Waals surface area (Å²) in [5, 5.41) is 5.25. The van der Waals surface area contributed by atoms with Gasteiger partial charge in [0, 0.05) is 11.3 Å². The maximum Gasteiger partial charge on any atom is 0.220 e. The van der Waals surface area contributed by atoms with Crippen molar-refractivity contribution >= 4 is 17.2 Å². The first-order valence-electron chi connectivity index (χ1n) is 7.33. The van der Waals surface area contributed by atoms with Crippen molar-refractivity contribution in [2.24, 2.45) is 5.41 Å². The first-order valence-corrected chi connectivity index (χ1v) is 8.21. The van der Waals surface area contributed by atoms with Gasteiger partial charge in [-0.25, -0.2) is 0 Å². The van der Waals surface area contributed by atoms with E-state index in [0.29, 0.717) is 6.42 Å². The molecule has 0 aliphatic heterocycles. The van der Waals surface area contributed by atoms with Crippen molar-refractivity contribution in [2.75, 3.05) is 0 Å². The molecule has 1 atom stereocenters. The molecule has 1 aromatic heterocycles. The van der Waals surface area contributed by atoms with Crippen molar-refractivity contribution in [1.29, 1.82) is 0 Å². The van der Waals surface area contributed by atoms with Gasteiger partial charge in [0.1, 0.15) is 0 Å². The van der Waals surface area contributed by atoms with E-state index in [0.717, 1.165) is 12.0 Å². The molecule has 1 heterocycles. The molecule has 2 nitrogen and oxygen atoms in total. The summed E-state index contributed by atoms with van der Waals surface area (Å²) >= 11 is 1.71. The number of nitrogens with one attached hydrogen (secondary N) is 1. The summed E-state index contributed by atoms with van der Waals surface area (Å²) in [5.74, 6) is 0.118. The van der Waals surface area contributed by atoms with E-state index in [-0.39, 0.29) is 17.4 Å². The molecule has 1 N–H and O–H groups in total. The van der Waals surface area contributed by atoms with Gasteiger partial charge in [-0.2, -0.15) is 0 Å². The number of aryl methyl sites for hydroxylation is 1. The molecule has 3 heteroatoms. The first kappa shape index (κ1) is 15.8. The third-order valence-electron chi connectivity index (χ3n) is 3.48. The number of carbonyl (C=O) groups is 1. The van der Waals surface area contributed by atoms with Crippen molar-refractivity contribution in [3.05, 3.63) is 58.3 Å². The number of hydrogen-bond donors (Lipinski definition) is 1. The monoisotopic (exact) mass is 301 g/mol. The first-order chi connectivity index (χ1) is 9.97. The molecular formula is C18H23NOS. The van der Waals surface area contributed by atoms with Gasteiger partial charge in [0.05, 0.1) is 6.04 Å². The second kappa shape index (κ2) is 6.90. The smallest absolute Gasteiger partial charge is 0.220 e. The van der Waals surface area contributed by atoms with Gasteiger partial charge in [-0.05, 0) is 28.8 Å². The van der Waals surface area contributed by atoms with Gasteiger partial charge < -0.3 is 5.32 Å². The van der Waals surface area contributed by atoms with Gasteiger partial charge in [0.25, 0.3) is 0 Å². The van der Waals surface area contributed by atoms with Crippen LogP contribution in [0.1, 0.15) is 43.7 Å². The zero-order valence-electron chi connectivity index (χ0n) is 12.9. The molecule has 112 valence electrons. The quantitative estimate of drug-likeness (QED) is 0.860. The van der Waals surface area contributed by atoms with E-state index in [1.165, 1.54) is 4.88 Å². The summed E-state index contributed by atoms with van der Waals surface area (Å²) in [6.07, 6.45) is 1.36. The minimum absolute atomic E-state index is 0.0139. The van der Waals surface area contributed by atoms with E-state index >= 15 is 0 Å². The minimum Gasteiger partial charge on any atom is -0.349 e. The minimum atomic E-state index is -0.0139. The molecule has 0 bridgehead atoms. The Balaban J connectivity index is 2.00.